The van der Waals surface area contributed by atoms with Gasteiger partial charge in [0.15, 0.2) is 0 Å². The highest BCUT2D eigenvalue weighted by atomic mass is 32.2. The van der Waals surface area contributed by atoms with E-state index in [1.54, 1.807) is 50.3 Å². The molecule has 1 aliphatic rings. The van der Waals surface area contributed by atoms with Gasteiger partial charge in [0, 0.05) is 49.9 Å². The fourth-order valence-corrected chi connectivity index (χ4v) is 5.54. The van der Waals surface area contributed by atoms with Gasteiger partial charge in [0.2, 0.25) is 15.9 Å². The van der Waals surface area contributed by atoms with E-state index in [2.05, 4.69) is 9.97 Å². The molecule has 0 spiro atoms. The fraction of sp³-hybridized carbons (Fsp3) is 0.500. The Kier molecular flexibility index (Phi) is 7.47. The van der Waals surface area contributed by atoms with Crippen LogP contribution in [0.5, 0.6) is 5.75 Å². The highest BCUT2D eigenvalue weighted by Crippen LogP contribution is 2.36. The van der Waals surface area contributed by atoms with Crippen molar-refractivity contribution in [1.29, 1.82) is 0 Å². The van der Waals surface area contributed by atoms with Gasteiger partial charge in [0.05, 0.1) is 13.2 Å². The lowest BCUT2D eigenvalue weighted by atomic mass is 10.0. The smallest absolute Gasteiger partial charge is 0.247 e. The summed E-state index contributed by atoms with van der Waals surface area (Å²) in [5.41, 5.74) is 1.44. The lowest BCUT2D eigenvalue weighted by Crippen LogP contribution is -2.50. The van der Waals surface area contributed by atoms with Crippen LogP contribution in [-0.2, 0) is 14.8 Å². The average molecular weight is 463 g/mol. The van der Waals surface area contributed by atoms with Crippen molar-refractivity contribution < 1.29 is 23.1 Å². The van der Waals surface area contributed by atoms with Crippen molar-refractivity contribution in [3.05, 3.63) is 36.9 Å². The molecule has 0 saturated heterocycles. The van der Waals surface area contributed by atoms with Gasteiger partial charge >= 0.3 is 0 Å². The average Bonchev–Trinajstić information content (AvgIpc) is 2.80. The molecule has 174 valence electrons. The van der Waals surface area contributed by atoms with Crippen LogP contribution >= 0.6 is 0 Å². The van der Waals surface area contributed by atoms with Crippen molar-refractivity contribution in [2.45, 2.75) is 44.2 Å². The minimum absolute atomic E-state index is 0.0218. The van der Waals surface area contributed by atoms with Crippen molar-refractivity contribution in [3.8, 4) is 16.9 Å². The lowest BCUT2D eigenvalue weighted by Gasteiger charge is -2.37. The lowest BCUT2D eigenvalue weighted by molar-refractivity contribution is -0.131. The quantitative estimate of drug-likeness (QED) is 0.696. The van der Waals surface area contributed by atoms with Gasteiger partial charge < -0.3 is 14.7 Å². The topological polar surface area (TPSA) is 113 Å². The maximum atomic E-state index is 13.5. The molecule has 1 aliphatic heterocycles. The molecule has 1 aromatic carbocycles. The van der Waals surface area contributed by atoms with Gasteiger partial charge in [-0.15, -0.1) is 0 Å². The summed E-state index contributed by atoms with van der Waals surface area (Å²) in [6.45, 7) is 5.53. The number of sulfonamides is 1. The number of nitrogens with zero attached hydrogens (tertiary/aromatic N) is 4. The number of hydrogen-bond acceptors (Lipinski definition) is 7. The SMILES string of the molecule is CCC(=O)N(C)C[C@@H]1Oc2cc(-c3cncnc3)ccc2S(=O)(=O)N([C@@H](C)CO)C[C@@H]1C. The van der Waals surface area contributed by atoms with E-state index in [0.717, 1.165) is 5.56 Å². The van der Waals surface area contributed by atoms with Crippen LogP contribution in [0.4, 0.5) is 0 Å². The van der Waals surface area contributed by atoms with Gasteiger partial charge in [-0.2, -0.15) is 4.31 Å². The Morgan fingerprint density at radius 1 is 1.31 bits per heavy atom. The zero-order chi connectivity index (χ0) is 23.5. The van der Waals surface area contributed by atoms with E-state index >= 15 is 0 Å². The van der Waals surface area contributed by atoms with E-state index in [-0.39, 0.29) is 35.6 Å². The van der Waals surface area contributed by atoms with Crippen LogP contribution in [0.2, 0.25) is 0 Å². The number of fused-ring (bicyclic) bond motifs is 1. The third kappa shape index (κ3) is 4.92. The zero-order valence-corrected chi connectivity index (χ0v) is 19.6. The van der Waals surface area contributed by atoms with Crippen molar-refractivity contribution >= 4 is 15.9 Å². The van der Waals surface area contributed by atoms with Crippen molar-refractivity contribution in [3.63, 3.8) is 0 Å². The molecular formula is C22H30N4O5S. The van der Waals surface area contributed by atoms with E-state index in [4.69, 9.17) is 4.74 Å². The highest BCUT2D eigenvalue weighted by molar-refractivity contribution is 7.89. The van der Waals surface area contributed by atoms with Crippen molar-refractivity contribution in [2.24, 2.45) is 5.92 Å². The first-order valence-electron chi connectivity index (χ1n) is 10.6. The molecule has 0 fully saturated rings. The summed E-state index contributed by atoms with van der Waals surface area (Å²) >= 11 is 0. The first kappa shape index (κ1) is 24.1. The van der Waals surface area contributed by atoms with Crippen LogP contribution in [0.25, 0.3) is 11.1 Å². The van der Waals surface area contributed by atoms with Crippen LogP contribution in [0.3, 0.4) is 0 Å². The van der Waals surface area contributed by atoms with Crippen LogP contribution in [0, 0.1) is 5.92 Å². The summed E-state index contributed by atoms with van der Waals surface area (Å²) < 4.78 is 34.6. The number of carbonyl (C=O) groups is 1. The molecule has 2 aromatic rings. The molecule has 3 atom stereocenters. The summed E-state index contributed by atoms with van der Waals surface area (Å²) in [7, 11) is -2.21. The molecule has 10 heteroatoms. The molecular weight excluding hydrogens is 432 g/mol. The maximum Gasteiger partial charge on any atom is 0.247 e. The largest absolute Gasteiger partial charge is 0.487 e. The normalized spacial score (nSPS) is 21.5. The predicted octanol–water partition coefficient (Wildman–Crippen LogP) is 1.78. The third-order valence-corrected chi connectivity index (χ3v) is 7.76. The second-order valence-corrected chi connectivity index (χ2v) is 10.0. The number of amides is 1. The molecule has 1 amide bonds. The van der Waals surface area contributed by atoms with E-state index in [1.165, 1.54) is 16.7 Å². The maximum absolute atomic E-state index is 13.5. The Morgan fingerprint density at radius 2 is 2.00 bits per heavy atom. The molecule has 2 heterocycles. The monoisotopic (exact) mass is 462 g/mol. The summed E-state index contributed by atoms with van der Waals surface area (Å²) in [5.74, 6) is -0.0513. The van der Waals surface area contributed by atoms with Gasteiger partial charge in [-0.3, -0.25) is 4.79 Å². The summed E-state index contributed by atoms with van der Waals surface area (Å²) in [6.07, 6.45) is 4.62. The minimum Gasteiger partial charge on any atom is -0.487 e. The Morgan fingerprint density at radius 3 is 2.62 bits per heavy atom. The standard InChI is InChI=1S/C22H30N4O5S/c1-5-22(28)25(4)12-20-15(2)11-26(16(3)13-27)32(29,30)21-7-6-17(8-19(21)31-20)18-9-23-14-24-10-18/h6-10,14-16,20,27H,5,11-13H2,1-4H3/t15-,16-,20-/m0/s1. The number of rotatable bonds is 6. The predicted molar refractivity (Wildman–Crippen MR) is 119 cm³/mol. The second kappa shape index (κ2) is 9.93. The molecule has 9 nitrogen and oxygen atoms in total. The molecule has 0 saturated carbocycles. The van der Waals surface area contributed by atoms with E-state index < -0.39 is 22.2 Å². The first-order chi connectivity index (χ1) is 15.2. The summed E-state index contributed by atoms with van der Waals surface area (Å²) in [5, 5.41) is 9.72. The fourth-order valence-electron chi connectivity index (χ4n) is 3.71. The molecule has 0 bridgehead atoms. The zero-order valence-electron chi connectivity index (χ0n) is 18.8. The molecule has 1 aromatic heterocycles. The second-order valence-electron chi connectivity index (χ2n) is 8.16. The summed E-state index contributed by atoms with van der Waals surface area (Å²) in [4.78, 5) is 21.9. The first-order valence-corrected chi connectivity index (χ1v) is 12.1. The molecule has 3 rings (SSSR count). The number of likely N-dealkylation sites (N-methyl/N-ethyl adjacent to an activating group) is 1. The van der Waals surface area contributed by atoms with Gasteiger partial charge in [0.1, 0.15) is 23.1 Å². The number of hydrogen-bond donors (Lipinski definition) is 1. The summed E-state index contributed by atoms with van der Waals surface area (Å²) in [6, 6.07) is 4.26. The Hall–Kier alpha value is -2.56. The van der Waals surface area contributed by atoms with E-state index in [0.29, 0.717) is 18.5 Å². The number of aliphatic hydroxyl groups is 1. The van der Waals surface area contributed by atoms with Gasteiger partial charge in [-0.05, 0) is 24.6 Å². The third-order valence-electron chi connectivity index (χ3n) is 5.74. The van der Waals surface area contributed by atoms with Crippen molar-refractivity contribution in [1.82, 2.24) is 19.2 Å². The molecule has 32 heavy (non-hydrogen) atoms. The molecule has 0 aliphatic carbocycles. The number of carbonyl (C=O) groups excluding carboxylic acids is 1. The van der Waals surface area contributed by atoms with Gasteiger partial charge in [-0.1, -0.05) is 19.9 Å². The van der Waals surface area contributed by atoms with Crippen LogP contribution < -0.4 is 4.74 Å². The van der Waals surface area contributed by atoms with Crippen molar-refractivity contribution in [2.75, 3.05) is 26.7 Å². The van der Waals surface area contributed by atoms with E-state index in [9.17, 15) is 18.3 Å². The Bertz CT molecular complexity index is 1050. The number of benzene rings is 1. The van der Waals surface area contributed by atoms with Crippen LogP contribution in [-0.4, -0.2) is 77.5 Å². The molecule has 1 N–H and O–H groups in total. The Labute approximate surface area is 189 Å². The molecule has 0 unspecified atom stereocenters. The Balaban J connectivity index is 2.11. The van der Waals surface area contributed by atoms with Crippen LogP contribution in [0.15, 0.2) is 41.8 Å². The van der Waals surface area contributed by atoms with Crippen LogP contribution in [0.1, 0.15) is 27.2 Å². The van der Waals surface area contributed by atoms with Gasteiger partial charge in [-0.25, -0.2) is 18.4 Å². The van der Waals surface area contributed by atoms with Gasteiger partial charge in [0.25, 0.3) is 0 Å². The van der Waals surface area contributed by atoms with E-state index in [1.807, 2.05) is 6.92 Å². The number of ether oxygens (including phenoxy) is 1. The highest BCUT2D eigenvalue weighted by Gasteiger charge is 2.38. The number of aliphatic hydroxyl groups excluding tert-OH is 1. The number of aromatic nitrogens is 2. The molecule has 0 radical (unpaired) electrons. The minimum atomic E-state index is -3.92.